The van der Waals surface area contributed by atoms with Crippen molar-refractivity contribution in [2.45, 2.75) is 0 Å². The summed E-state index contributed by atoms with van der Waals surface area (Å²) in [7, 11) is 0. The minimum atomic E-state index is 0.894. The van der Waals surface area contributed by atoms with E-state index in [9.17, 15) is 0 Å². The molecule has 0 N–H and O–H groups in total. The number of nitrogens with zero attached hydrogens (tertiary/aromatic N) is 1. The average Bonchev–Trinajstić information content (AvgIpc) is 3.49. The first kappa shape index (κ1) is 20.6. The Morgan fingerprint density at radius 2 is 1.11 bits per heavy atom. The smallest absolute Gasteiger partial charge is 0.137 e. The highest BCUT2D eigenvalue weighted by atomic mass is 32.1. The predicted octanol–water partition coefficient (Wildman–Crippen LogP) is 10.6. The standard InChI is InChI=1S/C34H21NOS/c1-2-10-24(11-3-1)35(25-15-17-34-30(20-25)28-12-6-7-13-33(28)37-34)26-14-16-27-29-18-22-8-4-5-9-23(22)19-31(29)36-32(27)21-26/h1-21H. The van der Waals surface area contributed by atoms with Crippen molar-refractivity contribution in [3.8, 4) is 0 Å². The summed E-state index contributed by atoms with van der Waals surface area (Å²) in [6.45, 7) is 0. The Bertz CT molecular complexity index is 2100. The molecule has 2 nitrogen and oxygen atoms in total. The van der Waals surface area contributed by atoms with Gasteiger partial charge in [0.15, 0.2) is 0 Å². The number of hydrogen-bond acceptors (Lipinski definition) is 3. The molecule has 0 saturated heterocycles. The van der Waals surface area contributed by atoms with Gasteiger partial charge in [0, 0.05) is 54.1 Å². The number of para-hydroxylation sites is 1. The third kappa shape index (κ3) is 3.25. The molecule has 6 aromatic carbocycles. The Hall–Kier alpha value is -4.60. The van der Waals surface area contributed by atoms with Crippen LogP contribution in [0.4, 0.5) is 17.1 Å². The first-order valence-corrected chi connectivity index (χ1v) is 13.2. The molecule has 0 radical (unpaired) electrons. The van der Waals surface area contributed by atoms with Crippen LogP contribution < -0.4 is 4.90 Å². The summed E-state index contributed by atoms with van der Waals surface area (Å²) in [5.74, 6) is 0. The molecular formula is C34H21NOS. The van der Waals surface area contributed by atoms with E-state index >= 15 is 0 Å². The van der Waals surface area contributed by atoms with Crippen molar-refractivity contribution in [2.24, 2.45) is 0 Å². The minimum absolute atomic E-state index is 0.894. The van der Waals surface area contributed by atoms with Crippen molar-refractivity contribution in [2.75, 3.05) is 4.90 Å². The lowest BCUT2D eigenvalue weighted by molar-refractivity contribution is 0.669. The molecule has 8 rings (SSSR count). The Labute approximate surface area is 217 Å². The van der Waals surface area contributed by atoms with Crippen molar-refractivity contribution in [1.29, 1.82) is 0 Å². The quantitative estimate of drug-likeness (QED) is 0.244. The molecule has 2 aromatic heterocycles. The van der Waals surface area contributed by atoms with E-state index in [0.717, 1.165) is 39.0 Å². The van der Waals surface area contributed by atoms with E-state index in [0.29, 0.717) is 0 Å². The van der Waals surface area contributed by atoms with E-state index in [4.69, 9.17) is 4.42 Å². The van der Waals surface area contributed by atoms with Gasteiger partial charge in [0.2, 0.25) is 0 Å². The average molecular weight is 492 g/mol. The van der Waals surface area contributed by atoms with Gasteiger partial charge in [-0.3, -0.25) is 0 Å². The molecule has 3 heteroatoms. The van der Waals surface area contributed by atoms with Crippen LogP contribution in [-0.2, 0) is 0 Å². The van der Waals surface area contributed by atoms with E-state index in [1.807, 2.05) is 11.3 Å². The molecule has 174 valence electrons. The summed E-state index contributed by atoms with van der Waals surface area (Å²) in [6.07, 6.45) is 0. The highest BCUT2D eigenvalue weighted by Gasteiger charge is 2.17. The van der Waals surface area contributed by atoms with Crippen LogP contribution in [0.1, 0.15) is 0 Å². The summed E-state index contributed by atoms with van der Waals surface area (Å²) in [5.41, 5.74) is 5.13. The molecule has 37 heavy (non-hydrogen) atoms. The van der Waals surface area contributed by atoms with Crippen LogP contribution in [0, 0.1) is 0 Å². The number of anilines is 3. The lowest BCUT2D eigenvalue weighted by Crippen LogP contribution is -2.09. The zero-order valence-corrected chi connectivity index (χ0v) is 20.7. The van der Waals surface area contributed by atoms with Gasteiger partial charge in [-0.1, -0.05) is 60.7 Å². The van der Waals surface area contributed by atoms with Crippen molar-refractivity contribution in [3.05, 3.63) is 127 Å². The van der Waals surface area contributed by atoms with Crippen LogP contribution in [0.3, 0.4) is 0 Å². The van der Waals surface area contributed by atoms with Gasteiger partial charge in [0.25, 0.3) is 0 Å². The summed E-state index contributed by atoms with van der Waals surface area (Å²) in [5, 5.41) is 7.29. The van der Waals surface area contributed by atoms with Crippen molar-refractivity contribution >= 4 is 81.3 Å². The van der Waals surface area contributed by atoms with Gasteiger partial charge in [-0.25, -0.2) is 0 Å². The number of rotatable bonds is 3. The predicted molar refractivity (Wildman–Crippen MR) is 159 cm³/mol. The van der Waals surface area contributed by atoms with E-state index in [1.165, 1.54) is 30.9 Å². The first-order valence-electron chi connectivity index (χ1n) is 12.4. The molecule has 2 heterocycles. The zero-order valence-electron chi connectivity index (χ0n) is 19.9. The maximum atomic E-state index is 6.41. The molecule has 0 aliphatic heterocycles. The molecule has 0 fully saturated rings. The summed E-state index contributed by atoms with van der Waals surface area (Å²) >= 11 is 1.85. The van der Waals surface area contributed by atoms with Crippen molar-refractivity contribution in [3.63, 3.8) is 0 Å². The molecule has 8 aromatic rings. The summed E-state index contributed by atoms with van der Waals surface area (Å²) < 4.78 is 9.03. The van der Waals surface area contributed by atoms with Crippen LogP contribution in [0.2, 0.25) is 0 Å². The number of furan rings is 1. The highest BCUT2D eigenvalue weighted by Crippen LogP contribution is 2.42. The molecule has 0 amide bonds. The summed E-state index contributed by atoms with van der Waals surface area (Å²) in [6, 6.07) is 45.4. The van der Waals surface area contributed by atoms with Crippen LogP contribution in [-0.4, -0.2) is 0 Å². The topological polar surface area (TPSA) is 16.4 Å². The maximum Gasteiger partial charge on any atom is 0.137 e. The first-order chi connectivity index (χ1) is 18.3. The monoisotopic (exact) mass is 491 g/mol. The van der Waals surface area contributed by atoms with Crippen molar-refractivity contribution in [1.82, 2.24) is 0 Å². The lowest BCUT2D eigenvalue weighted by Gasteiger charge is -2.25. The van der Waals surface area contributed by atoms with Crippen LogP contribution in [0.25, 0.3) is 52.9 Å². The Balaban J connectivity index is 1.35. The fourth-order valence-corrected chi connectivity index (χ4v) is 6.55. The molecule has 0 atom stereocenters. The number of thiophene rings is 1. The molecule has 0 saturated carbocycles. The number of benzene rings is 6. The van der Waals surface area contributed by atoms with Gasteiger partial charge >= 0.3 is 0 Å². The zero-order chi connectivity index (χ0) is 24.3. The Morgan fingerprint density at radius 3 is 2.00 bits per heavy atom. The van der Waals surface area contributed by atoms with Gasteiger partial charge < -0.3 is 9.32 Å². The van der Waals surface area contributed by atoms with E-state index in [2.05, 4.69) is 132 Å². The van der Waals surface area contributed by atoms with Crippen LogP contribution in [0.5, 0.6) is 0 Å². The van der Waals surface area contributed by atoms with E-state index in [-0.39, 0.29) is 0 Å². The Kier molecular flexibility index (Phi) is 4.42. The fourth-order valence-electron chi connectivity index (χ4n) is 5.47. The van der Waals surface area contributed by atoms with E-state index in [1.54, 1.807) is 0 Å². The molecule has 0 unspecified atom stereocenters. The Morgan fingerprint density at radius 1 is 0.432 bits per heavy atom. The highest BCUT2D eigenvalue weighted by molar-refractivity contribution is 7.25. The number of hydrogen-bond donors (Lipinski definition) is 0. The SMILES string of the molecule is c1ccc(N(c2ccc3c(c2)oc2cc4ccccc4cc23)c2ccc3sc4ccccc4c3c2)cc1. The fraction of sp³-hybridized carbons (Fsp3) is 0. The maximum absolute atomic E-state index is 6.41. The molecule has 0 aliphatic rings. The van der Waals surface area contributed by atoms with Gasteiger partial charge in [-0.15, -0.1) is 11.3 Å². The van der Waals surface area contributed by atoms with Crippen LogP contribution in [0.15, 0.2) is 132 Å². The normalized spacial score (nSPS) is 11.8. The van der Waals surface area contributed by atoms with Gasteiger partial charge in [0.1, 0.15) is 11.2 Å². The second-order valence-corrected chi connectivity index (χ2v) is 10.5. The molecule has 0 aliphatic carbocycles. The van der Waals surface area contributed by atoms with E-state index < -0.39 is 0 Å². The molecular weight excluding hydrogens is 470 g/mol. The minimum Gasteiger partial charge on any atom is -0.456 e. The van der Waals surface area contributed by atoms with Gasteiger partial charge in [-0.2, -0.15) is 0 Å². The second-order valence-electron chi connectivity index (χ2n) is 9.43. The largest absolute Gasteiger partial charge is 0.456 e. The summed E-state index contributed by atoms with van der Waals surface area (Å²) in [4.78, 5) is 2.31. The molecule has 0 bridgehead atoms. The van der Waals surface area contributed by atoms with Crippen LogP contribution >= 0.6 is 11.3 Å². The third-order valence-electron chi connectivity index (χ3n) is 7.21. The number of fused-ring (bicyclic) bond motifs is 7. The van der Waals surface area contributed by atoms with Crippen molar-refractivity contribution < 1.29 is 4.42 Å². The van der Waals surface area contributed by atoms with Gasteiger partial charge in [0.05, 0.1) is 0 Å². The second kappa shape index (κ2) is 7.95. The molecule has 0 spiro atoms. The third-order valence-corrected chi connectivity index (χ3v) is 8.37. The lowest BCUT2D eigenvalue weighted by atomic mass is 10.1. The van der Waals surface area contributed by atoms with Gasteiger partial charge in [-0.05, 0) is 71.4 Å².